The lowest BCUT2D eigenvalue weighted by Gasteiger charge is -2.03. The highest BCUT2D eigenvalue weighted by Gasteiger charge is 2.05. The monoisotopic (exact) mass is 270 g/mol. The SMILES string of the molecule is O=C(O)CCc1cc(/N=N/c2ccccc2)ccc1O. The first kappa shape index (κ1) is 13.7. The molecule has 20 heavy (non-hydrogen) atoms. The summed E-state index contributed by atoms with van der Waals surface area (Å²) in [5.74, 6) is -0.828. The number of carboxylic acid groups (broad SMARTS) is 1. The van der Waals surface area contributed by atoms with Gasteiger partial charge in [0.1, 0.15) is 5.75 Å². The molecule has 0 aliphatic heterocycles. The molecule has 0 fully saturated rings. The second-order valence-electron chi connectivity index (χ2n) is 4.24. The standard InChI is InChI=1S/C15H14N2O3/c18-14-8-7-13(10-11(14)6-9-15(19)20)17-16-12-4-2-1-3-5-12/h1-5,7-8,10,18H,6,9H2,(H,19,20)/b17-16+. The van der Waals surface area contributed by atoms with Gasteiger partial charge >= 0.3 is 5.97 Å². The molecule has 102 valence electrons. The summed E-state index contributed by atoms with van der Waals surface area (Å²) in [6.07, 6.45) is 0.225. The highest BCUT2D eigenvalue weighted by Crippen LogP contribution is 2.26. The molecule has 5 heteroatoms. The molecular weight excluding hydrogens is 256 g/mol. The minimum atomic E-state index is -0.902. The molecule has 2 aromatic rings. The number of aromatic hydroxyl groups is 1. The third-order valence-corrected chi connectivity index (χ3v) is 2.71. The minimum absolute atomic E-state index is 0.0349. The first-order valence-electron chi connectivity index (χ1n) is 6.15. The number of hydrogen-bond acceptors (Lipinski definition) is 4. The Bertz CT molecular complexity index is 624. The molecule has 0 aliphatic rings. The van der Waals surface area contributed by atoms with Crippen molar-refractivity contribution in [3.8, 4) is 5.75 Å². The van der Waals surface area contributed by atoms with Gasteiger partial charge in [0.15, 0.2) is 0 Å². The van der Waals surface area contributed by atoms with Crippen LogP contribution in [-0.4, -0.2) is 16.2 Å². The summed E-state index contributed by atoms with van der Waals surface area (Å²) in [5.41, 5.74) is 1.86. The average Bonchev–Trinajstić information content (AvgIpc) is 2.46. The van der Waals surface area contributed by atoms with Crippen LogP contribution in [0.25, 0.3) is 0 Å². The lowest BCUT2D eigenvalue weighted by atomic mass is 10.1. The molecule has 2 rings (SSSR count). The average molecular weight is 270 g/mol. The topological polar surface area (TPSA) is 82.2 Å². The molecule has 0 amide bonds. The maximum Gasteiger partial charge on any atom is 0.303 e. The van der Waals surface area contributed by atoms with E-state index in [4.69, 9.17) is 5.11 Å². The van der Waals surface area contributed by atoms with Crippen LogP contribution in [0.4, 0.5) is 11.4 Å². The van der Waals surface area contributed by atoms with Gasteiger partial charge in [-0.2, -0.15) is 10.2 Å². The number of phenolic OH excluding ortho intramolecular Hbond substituents is 1. The number of rotatable bonds is 5. The molecule has 0 saturated heterocycles. The van der Waals surface area contributed by atoms with Crippen LogP contribution in [-0.2, 0) is 11.2 Å². The Morgan fingerprint density at radius 3 is 2.40 bits per heavy atom. The predicted octanol–water partition coefficient (Wildman–Crippen LogP) is 3.82. The molecule has 0 saturated carbocycles. The smallest absolute Gasteiger partial charge is 0.303 e. The molecule has 0 aliphatic carbocycles. The van der Waals surface area contributed by atoms with E-state index in [1.165, 1.54) is 6.07 Å². The van der Waals surface area contributed by atoms with Crippen molar-refractivity contribution in [2.75, 3.05) is 0 Å². The Morgan fingerprint density at radius 1 is 1.00 bits per heavy atom. The van der Waals surface area contributed by atoms with Crippen molar-refractivity contribution in [2.24, 2.45) is 10.2 Å². The second-order valence-corrected chi connectivity index (χ2v) is 4.24. The lowest BCUT2D eigenvalue weighted by molar-refractivity contribution is -0.136. The fraction of sp³-hybridized carbons (Fsp3) is 0.133. The van der Waals surface area contributed by atoms with Gasteiger partial charge in [-0.15, -0.1) is 0 Å². The van der Waals surface area contributed by atoms with Gasteiger partial charge in [0, 0.05) is 6.42 Å². The van der Waals surface area contributed by atoms with Gasteiger partial charge in [-0.05, 0) is 42.3 Å². The highest BCUT2D eigenvalue weighted by molar-refractivity contribution is 5.67. The van der Waals surface area contributed by atoms with Crippen LogP contribution in [0.5, 0.6) is 5.75 Å². The highest BCUT2D eigenvalue weighted by atomic mass is 16.4. The van der Waals surface area contributed by atoms with E-state index in [0.717, 1.165) is 5.69 Å². The van der Waals surface area contributed by atoms with Gasteiger partial charge in [-0.1, -0.05) is 18.2 Å². The third kappa shape index (κ3) is 3.91. The van der Waals surface area contributed by atoms with Crippen molar-refractivity contribution >= 4 is 17.3 Å². The number of aryl methyl sites for hydroxylation is 1. The molecule has 5 nitrogen and oxygen atoms in total. The van der Waals surface area contributed by atoms with Crippen molar-refractivity contribution in [1.29, 1.82) is 0 Å². The summed E-state index contributed by atoms with van der Waals surface area (Å²) in [6, 6.07) is 14.0. The van der Waals surface area contributed by atoms with Crippen molar-refractivity contribution in [2.45, 2.75) is 12.8 Å². The van der Waals surface area contributed by atoms with Crippen LogP contribution in [0, 0.1) is 0 Å². The van der Waals surface area contributed by atoms with Gasteiger partial charge in [-0.3, -0.25) is 4.79 Å². The number of azo groups is 1. The summed E-state index contributed by atoms with van der Waals surface area (Å²) in [5, 5.41) is 26.5. The van der Waals surface area contributed by atoms with Crippen LogP contribution in [0.1, 0.15) is 12.0 Å². The van der Waals surface area contributed by atoms with Crippen molar-refractivity contribution in [3.63, 3.8) is 0 Å². The number of nitrogens with zero attached hydrogens (tertiary/aromatic N) is 2. The summed E-state index contributed by atoms with van der Waals surface area (Å²) in [6.45, 7) is 0. The molecular formula is C15H14N2O3. The third-order valence-electron chi connectivity index (χ3n) is 2.71. The Labute approximate surface area is 116 Å². The van der Waals surface area contributed by atoms with Crippen LogP contribution in [0.15, 0.2) is 58.8 Å². The predicted molar refractivity (Wildman–Crippen MR) is 74.7 cm³/mol. The fourth-order valence-corrected chi connectivity index (χ4v) is 1.69. The zero-order valence-corrected chi connectivity index (χ0v) is 10.7. The normalized spacial score (nSPS) is 10.8. The van der Waals surface area contributed by atoms with Crippen LogP contribution in [0.3, 0.4) is 0 Å². The van der Waals surface area contributed by atoms with Gasteiger partial charge in [0.25, 0.3) is 0 Å². The first-order chi connectivity index (χ1) is 9.65. The van der Waals surface area contributed by atoms with Crippen molar-refractivity contribution in [1.82, 2.24) is 0 Å². The van der Waals surface area contributed by atoms with E-state index in [-0.39, 0.29) is 18.6 Å². The van der Waals surface area contributed by atoms with E-state index < -0.39 is 5.97 Å². The summed E-state index contributed by atoms with van der Waals surface area (Å²) >= 11 is 0. The van der Waals surface area contributed by atoms with Gasteiger partial charge < -0.3 is 10.2 Å². The molecule has 2 aromatic carbocycles. The summed E-state index contributed by atoms with van der Waals surface area (Å²) < 4.78 is 0. The summed E-state index contributed by atoms with van der Waals surface area (Å²) in [7, 11) is 0. The first-order valence-corrected chi connectivity index (χ1v) is 6.15. The Hall–Kier alpha value is -2.69. The van der Waals surface area contributed by atoms with Crippen LogP contribution >= 0.6 is 0 Å². The van der Waals surface area contributed by atoms with E-state index in [0.29, 0.717) is 11.3 Å². The second kappa shape index (κ2) is 6.47. The number of carbonyl (C=O) groups is 1. The van der Waals surface area contributed by atoms with Crippen LogP contribution in [0.2, 0.25) is 0 Å². The Kier molecular flexibility index (Phi) is 4.44. The van der Waals surface area contributed by atoms with Crippen LogP contribution < -0.4 is 0 Å². The lowest BCUT2D eigenvalue weighted by Crippen LogP contribution is -1.97. The molecule has 0 unspecified atom stereocenters. The largest absolute Gasteiger partial charge is 0.508 e. The quantitative estimate of drug-likeness (QED) is 0.810. The molecule has 0 spiro atoms. The minimum Gasteiger partial charge on any atom is -0.508 e. The summed E-state index contributed by atoms with van der Waals surface area (Å²) in [4.78, 5) is 10.6. The number of benzene rings is 2. The molecule has 2 N–H and O–H groups in total. The van der Waals surface area contributed by atoms with E-state index >= 15 is 0 Å². The maximum atomic E-state index is 10.6. The number of phenols is 1. The van der Waals surface area contributed by atoms with Gasteiger partial charge in [0.2, 0.25) is 0 Å². The maximum absolute atomic E-state index is 10.6. The van der Waals surface area contributed by atoms with Crippen molar-refractivity contribution < 1.29 is 15.0 Å². The molecule has 0 radical (unpaired) electrons. The number of carboxylic acids is 1. The van der Waals surface area contributed by atoms with Crippen molar-refractivity contribution in [3.05, 3.63) is 54.1 Å². The zero-order valence-electron chi connectivity index (χ0n) is 10.7. The fourth-order valence-electron chi connectivity index (χ4n) is 1.69. The Balaban J connectivity index is 2.14. The molecule has 0 heterocycles. The van der Waals surface area contributed by atoms with E-state index in [1.807, 2.05) is 30.3 Å². The Morgan fingerprint density at radius 2 is 1.70 bits per heavy atom. The van der Waals surface area contributed by atoms with E-state index in [1.54, 1.807) is 12.1 Å². The van der Waals surface area contributed by atoms with Gasteiger partial charge in [0.05, 0.1) is 11.4 Å². The molecule has 0 atom stereocenters. The molecule has 0 aromatic heterocycles. The van der Waals surface area contributed by atoms with E-state index in [9.17, 15) is 9.90 Å². The number of hydrogen-bond donors (Lipinski definition) is 2. The molecule has 0 bridgehead atoms. The number of aliphatic carboxylic acids is 1. The zero-order chi connectivity index (χ0) is 14.4. The van der Waals surface area contributed by atoms with E-state index in [2.05, 4.69) is 10.2 Å². The van der Waals surface area contributed by atoms with Gasteiger partial charge in [-0.25, -0.2) is 0 Å².